The second kappa shape index (κ2) is 11.5. The molecule has 31 heavy (non-hydrogen) atoms. The van der Waals surface area contributed by atoms with Crippen molar-refractivity contribution in [3.63, 3.8) is 0 Å². The Morgan fingerprint density at radius 2 is 1.45 bits per heavy atom. The van der Waals surface area contributed by atoms with Gasteiger partial charge in [-0.15, -0.1) is 6.58 Å². The molecule has 2 rings (SSSR count). The molecule has 0 saturated carbocycles. The molecular formula is C23H30N2O5S. The lowest BCUT2D eigenvalue weighted by Gasteiger charge is -2.26. The summed E-state index contributed by atoms with van der Waals surface area (Å²) in [6.45, 7) is 3.84. The van der Waals surface area contributed by atoms with E-state index in [0.29, 0.717) is 24.3 Å². The summed E-state index contributed by atoms with van der Waals surface area (Å²) < 4.78 is 38.6. The number of carbonyl (C=O) groups excluding carboxylic acids is 1. The predicted octanol–water partition coefficient (Wildman–Crippen LogP) is 3.25. The average Bonchev–Trinajstić information content (AvgIpc) is 2.76. The number of primary amides is 1. The smallest absolute Gasteiger partial charge is 0.237 e. The molecule has 1 atom stereocenters. The normalized spacial score (nSPS) is 12.4. The molecule has 2 aromatic rings. The maximum absolute atomic E-state index is 13.5. The molecule has 0 aliphatic rings. The van der Waals surface area contributed by atoms with Crippen molar-refractivity contribution in [2.24, 2.45) is 5.73 Å². The van der Waals surface area contributed by atoms with Crippen molar-refractivity contribution >= 4 is 15.9 Å². The molecule has 1 unspecified atom stereocenters. The van der Waals surface area contributed by atoms with Gasteiger partial charge in [0.15, 0.2) is 5.25 Å². The maximum Gasteiger partial charge on any atom is 0.237 e. The monoisotopic (exact) mass is 446 g/mol. The molecule has 0 bridgehead atoms. The van der Waals surface area contributed by atoms with Gasteiger partial charge in [0.05, 0.1) is 14.2 Å². The van der Waals surface area contributed by atoms with Crippen LogP contribution in [0, 0.1) is 0 Å². The van der Waals surface area contributed by atoms with Crippen LogP contribution in [0.5, 0.6) is 11.5 Å². The number of allylic oxidation sites excluding steroid dienone is 1. The van der Waals surface area contributed by atoms with Crippen molar-refractivity contribution in [2.75, 3.05) is 14.2 Å². The van der Waals surface area contributed by atoms with Crippen LogP contribution in [0.25, 0.3) is 0 Å². The Kier molecular flexibility index (Phi) is 9.08. The number of carbonyl (C=O) groups is 1. The number of rotatable bonds is 13. The van der Waals surface area contributed by atoms with E-state index < -0.39 is 21.2 Å². The Bertz CT molecular complexity index is 907. The lowest BCUT2D eigenvalue weighted by molar-refractivity contribution is -0.117. The van der Waals surface area contributed by atoms with Gasteiger partial charge >= 0.3 is 0 Å². The van der Waals surface area contributed by atoms with E-state index in [2.05, 4.69) is 6.58 Å². The molecular weight excluding hydrogens is 416 g/mol. The Morgan fingerprint density at radius 3 is 1.81 bits per heavy atom. The van der Waals surface area contributed by atoms with E-state index in [4.69, 9.17) is 15.2 Å². The number of hydrogen-bond acceptors (Lipinski definition) is 5. The minimum atomic E-state index is -4.01. The SMILES string of the molecule is C=CCCCC(C(N)=O)S(=O)(=O)N(Cc1ccc(OC)cc1)Cc1ccc(OC)cc1. The van der Waals surface area contributed by atoms with Crippen molar-refractivity contribution in [3.05, 3.63) is 72.3 Å². The summed E-state index contributed by atoms with van der Waals surface area (Å²) in [6, 6.07) is 14.3. The number of unbranched alkanes of at least 4 members (excludes halogenated alkanes) is 1. The summed E-state index contributed by atoms with van der Waals surface area (Å²) in [5.74, 6) is 0.499. The minimum Gasteiger partial charge on any atom is -0.497 e. The van der Waals surface area contributed by atoms with Gasteiger partial charge in [-0.05, 0) is 54.7 Å². The van der Waals surface area contributed by atoms with E-state index in [1.54, 1.807) is 68.8 Å². The van der Waals surface area contributed by atoms with E-state index in [1.807, 2.05) is 0 Å². The molecule has 0 radical (unpaired) electrons. The van der Waals surface area contributed by atoms with Gasteiger partial charge < -0.3 is 15.2 Å². The fourth-order valence-electron chi connectivity index (χ4n) is 3.17. The zero-order valence-corrected chi connectivity index (χ0v) is 18.8. The number of nitrogens with zero attached hydrogens (tertiary/aromatic N) is 1. The van der Waals surface area contributed by atoms with Crippen LogP contribution in [-0.4, -0.2) is 38.1 Å². The maximum atomic E-state index is 13.5. The Balaban J connectivity index is 2.36. The van der Waals surface area contributed by atoms with E-state index in [-0.39, 0.29) is 19.5 Å². The first kappa shape index (κ1) is 24.4. The topological polar surface area (TPSA) is 98.9 Å². The highest BCUT2D eigenvalue weighted by atomic mass is 32.2. The highest BCUT2D eigenvalue weighted by molar-refractivity contribution is 7.90. The highest BCUT2D eigenvalue weighted by Gasteiger charge is 2.36. The molecule has 2 N–H and O–H groups in total. The van der Waals surface area contributed by atoms with Crippen LogP contribution in [0.4, 0.5) is 0 Å². The van der Waals surface area contributed by atoms with Crippen LogP contribution in [0.15, 0.2) is 61.2 Å². The Labute approximate surface area is 184 Å². The summed E-state index contributed by atoms with van der Waals surface area (Å²) >= 11 is 0. The van der Waals surface area contributed by atoms with Gasteiger partial charge in [0, 0.05) is 13.1 Å². The van der Waals surface area contributed by atoms with Gasteiger partial charge in [-0.25, -0.2) is 8.42 Å². The number of nitrogens with two attached hydrogens (primary N) is 1. The van der Waals surface area contributed by atoms with Gasteiger partial charge in [-0.1, -0.05) is 30.3 Å². The molecule has 0 spiro atoms. The van der Waals surface area contributed by atoms with Crippen LogP contribution >= 0.6 is 0 Å². The van der Waals surface area contributed by atoms with Gasteiger partial charge in [-0.3, -0.25) is 4.79 Å². The van der Waals surface area contributed by atoms with Crippen molar-refractivity contribution in [1.29, 1.82) is 0 Å². The molecule has 2 aromatic carbocycles. The number of hydrogen-bond donors (Lipinski definition) is 1. The number of sulfonamides is 1. The fraction of sp³-hybridized carbons (Fsp3) is 0.348. The molecule has 0 fully saturated rings. The number of benzene rings is 2. The van der Waals surface area contributed by atoms with E-state index in [1.165, 1.54) is 4.31 Å². The predicted molar refractivity (Wildman–Crippen MR) is 121 cm³/mol. The summed E-state index contributed by atoms with van der Waals surface area (Å²) in [4.78, 5) is 12.1. The number of amides is 1. The van der Waals surface area contributed by atoms with E-state index in [0.717, 1.165) is 11.1 Å². The number of ether oxygens (including phenoxy) is 2. The van der Waals surface area contributed by atoms with Gasteiger partial charge in [-0.2, -0.15) is 4.31 Å². The highest BCUT2D eigenvalue weighted by Crippen LogP contribution is 2.23. The van der Waals surface area contributed by atoms with E-state index in [9.17, 15) is 13.2 Å². The molecule has 0 aliphatic carbocycles. The lowest BCUT2D eigenvalue weighted by atomic mass is 10.2. The molecule has 0 saturated heterocycles. The quantitative estimate of drug-likeness (QED) is 0.376. The van der Waals surface area contributed by atoms with Crippen molar-refractivity contribution in [3.8, 4) is 11.5 Å². The fourth-order valence-corrected chi connectivity index (χ4v) is 4.95. The van der Waals surface area contributed by atoms with Crippen molar-refractivity contribution in [1.82, 2.24) is 4.31 Å². The Morgan fingerprint density at radius 1 is 1.00 bits per heavy atom. The van der Waals surface area contributed by atoms with E-state index >= 15 is 0 Å². The molecule has 0 aliphatic heterocycles. The van der Waals surface area contributed by atoms with Gasteiger partial charge in [0.1, 0.15) is 11.5 Å². The first-order valence-corrected chi connectivity index (χ1v) is 11.5. The zero-order valence-electron chi connectivity index (χ0n) is 18.0. The molecule has 7 nitrogen and oxygen atoms in total. The Hall–Kier alpha value is -2.84. The zero-order chi connectivity index (χ0) is 22.9. The first-order valence-electron chi connectivity index (χ1n) is 9.96. The second-order valence-corrected chi connectivity index (χ2v) is 9.24. The van der Waals surface area contributed by atoms with Crippen LogP contribution in [0.3, 0.4) is 0 Å². The third kappa shape index (κ3) is 6.83. The second-order valence-electron chi connectivity index (χ2n) is 7.12. The molecule has 1 amide bonds. The summed E-state index contributed by atoms with van der Waals surface area (Å²) in [5.41, 5.74) is 7.04. The summed E-state index contributed by atoms with van der Waals surface area (Å²) in [7, 11) is -0.877. The molecule has 8 heteroatoms. The van der Waals surface area contributed by atoms with Crippen molar-refractivity contribution in [2.45, 2.75) is 37.6 Å². The summed E-state index contributed by atoms with van der Waals surface area (Å²) in [6.07, 6.45) is 2.95. The third-order valence-electron chi connectivity index (χ3n) is 4.95. The standard InChI is InChI=1S/C23H30N2O5S/c1-4-5-6-7-22(23(24)26)31(27,28)25(16-18-8-12-20(29-2)13-9-18)17-19-10-14-21(30-3)15-11-19/h4,8-15,22H,1,5-7,16-17H2,2-3H3,(H2,24,26). The van der Waals surface area contributed by atoms with Crippen LogP contribution < -0.4 is 15.2 Å². The third-order valence-corrected chi connectivity index (χ3v) is 7.11. The van der Waals surface area contributed by atoms with Crippen LogP contribution in [-0.2, 0) is 27.9 Å². The minimum absolute atomic E-state index is 0.101. The lowest BCUT2D eigenvalue weighted by Crippen LogP contribution is -2.44. The largest absolute Gasteiger partial charge is 0.497 e. The molecule has 0 aromatic heterocycles. The molecule has 168 valence electrons. The average molecular weight is 447 g/mol. The van der Waals surface area contributed by atoms with Gasteiger partial charge in [0.2, 0.25) is 15.9 Å². The van der Waals surface area contributed by atoms with Gasteiger partial charge in [0.25, 0.3) is 0 Å². The van der Waals surface area contributed by atoms with Crippen LogP contribution in [0.1, 0.15) is 30.4 Å². The molecule has 0 heterocycles. The van der Waals surface area contributed by atoms with Crippen LogP contribution in [0.2, 0.25) is 0 Å². The first-order chi connectivity index (χ1) is 14.8. The number of methoxy groups -OCH3 is 2. The summed E-state index contributed by atoms with van der Waals surface area (Å²) in [5, 5.41) is -1.30. The van der Waals surface area contributed by atoms with Crippen molar-refractivity contribution < 1.29 is 22.7 Å².